The van der Waals surface area contributed by atoms with Gasteiger partial charge in [0, 0.05) is 6.04 Å². The Morgan fingerprint density at radius 3 is 2.71 bits per heavy atom. The lowest BCUT2D eigenvalue weighted by atomic mass is 9.96. The van der Waals surface area contributed by atoms with Gasteiger partial charge >= 0.3 is 0 Å². The van der Waals surface area contributed by atoms with Gasteiger partial charge in [-0.2, -0.15) is 0 Å². The maximum atomic E-state index is 9.65. The Morgan fingerprint density at radius 1 is 1.38 bits per heavy atom. The summed E-state index contributed by atoms with van der Waals surface area (Å²) in [6, 6.07) is 5.83. The fourth-order valence-corrected chi connectivity index (χ4v) is 2.93. The highest BCUT2D eigenvalue weighted by Crippen LogP contribution is 2.29. The average molecular weight is 292 g/mol. The van der Waals surface area contributed by atoms with Crippen molar-refractivity contribution in [3.05, 3.63) is 23.8 Å². The van der Waals surface area contributed by atoms with Crippen molar-refractivity contribution in [3.8, 4) is 11.5 Å². The van der Waals surface area contributed by atoms with E-state index < -0.39 is 0 Å². The zero-order valence-corrected chi connectivity index (χ0v) is 13.4. The number of hydrogen-bond donors (Lipinski definition) is 2. The molecule has 0 saturated carbocycles. The predicted octanol–water partition coefficient (Wildman–Crippen LogP) is 2.78. The van der Waals surface area contributed by atoms with E-state index in [2.05, 4.69) is 24.1 Å². The molecular weight excluding hydrogens is 264 g/mol. The van der Waals surface area contributed by atoms with E-state index in [9.17, 15) is 5.11 Å². The van der Waals surface area contributed by atoms with Gasteiger partial charge in [0.25, 0.3) is 0 Å². The van der Waals surface area contributed by atoms with E-state index in [4.69, 9.17) is 4.74 Å². The Hall–Kier alpha value is -1.26. The third kappa shape index (κ3) is 4.35. The summed E-state index contributed by atoms with van der Waals surface area (Å²) >= 11 is 0. The number of hydrogen-bond acceptors (Lipinski definition) is 4. The van der Waals surface area contributed by atoms with Crippen LogP contribution in [0.15, 0.2) is 18.2 Å². The van der Waals surface area contributed by atoms with Crippen LogP contribution in [0.2, 0.25) is 0 Å². The summed E-state index contributed by atoms with van der Waals surface area (Å²) < 4.78 is 5.17. The van der Waals surface area contributed by atoms with E-state index in [0.717, 1.165) is 18.0 Å². The number of piperidine rings is 1. The van der Waals surface area contributed by atoms with Crippen molar-refractivity contribution in [2.75, 3.05) is 33.3 Å². The third-order valence-electron chi connectivity index (χ3n) is 4.57. The van der Waals surface area contributed by atoms with Crippen molar-refractivity contribution in [1.82, 2.24) is 10.2 Å². The molecular formula is C17H28N2O2. The number of aromatic hydroxyl groups is 1. The fraction of sp³-hybridized carbons (Fsp3) is 0.647. The second kappa shape index (κ2) is 7.66. The van der Waals surface area contributed by atoms with Gasteiger partial charge < -0.3 is 20.1 Å². The standard InChI is InChI=1S/C17H28N2O2/c1-4-19-9-7-14(8-10-19)12-18-13(2)15-5-6-16(20)17(11-15)21-3/h5-6,11,13-14,18,20H,4,7-10,12H2,1-3H3. The van der Waals surface area contributed by atoms with Gasteiger partial charge in [-0.1, -0.05) is 13.0 Å². The minimum absolute atomic E-state index is 0.195. The van der Waals surface area contributed by atoms with Gasteiger partial charge in [-0.15, -0.1) is 0 Å². The SMILES string of the molecule is CCN1CCC(CNC(C)c2ccc(O)c(OC)c2)CC1. The van der Waals surface area contributed by atoms with E-state index in [1.807, 2.05) is 12.1 Å². The number of methoxy groups -OCH3 is 1. The highest BCUT2D eigenvalue weighted by molar-refractivity contribution is 5.42. The second-order valence-electron chi connectivity index (χ2n) is 5.94. The molecule has 2 rings (SSSR count). The van der Waals surface area contributed by atoms with Crippen LogP contribution in [-0.4, -0.2) is 43.3 Å². The molecule has 1 aromatic carbocycles. The van der Waals surface area contributed by atoms with Gasteiger partial charge in [-0.3, -0.25) is 0 Å². The normalized spacial score (nSPS) is 18.6. The predicted molar refractivity (Wildman–Crippen MR) is 85.9 cm³/mol. The van der Waals surface area contributed by atoms with Crippen molar-refractivity contribution in [2.45, 2.75) is 32.7 Å². The van der Waals surface area contributed by atoms with Crippen molar-refractivity contribution in [1.29, 1.82) is 0 Å². The van der Waals surface area contributed by atoms with Crippen LogP contribution in [0.25, 0.3) is 0 Å². The van der Waals surface area contributed by atoms with Crippen LogP contribution in [0.4, 0.5) is 0 Å². The molecule has 4 nitrogen and oxygen atoms in total. The number of nitrogens with zero attached hydrogens (tertiary/aromatic N) is 1. The zero-order valence-electron chi connectivity index (χ0n) is 13.4. The number of phenolic OH excluding ortho intramolecular Hbond substituents is 1. The van der Waals surface area contributed by atoms with Crippen LogP contribution in [0.3, 0.4) is 0 Å². The first-order chi connectivity index (χ1) is 10.1. The van der Waals surface area contributed by atoms with Crippen molar-refractivity contribution < 1.29 is 9.84 Å². The Kier molecular flexibility index (Phi) is 5.88. The van der Waals surface area contributed by atoms with Crippen molar-refractivity contribution in [3.63, 3.8) is 0 Å². The molecule has 118 valence electrons. The molecule has 0 radical (unpaired) electrons. The summed E-state index contributed by atoms with van der Waals surface area (Å²) in [5.74, 6) is 1.51. The molecule has 1 unspecified atom stereocenters. The zero-order chi connectivity index (χ0) is 15.2. The van der Waals surface area contributed by atoms with E-state index >= 15 is 0 Å². The number of rotatable bonds is 6. The average Bonchev–Trinajstić information content (AvgIpc) is 2.53. The van der Waals surface area contributed by atoms with Crippen LogP contribution < -0.4 is 10.1 Å². The summed E-state index contributed by atoms with van der Waals surface area (Å²) in [6.45, 7) is 9.08. The van der Waals surface area contributed by atoms with Crippen LogP contribution in [0.5, 0.6) is 11.5 Å². The topological polar surface area (TPSA) is 44.7 Å². The Bertz CT molecular complexity index is 442. The highest BCUT2D eigenvalue weighted by Gasteiger charge is 2.18. The Morgan fingerprint density at radius 2 is 2.10 bits per heavy atom. The lowest BCUT2D eigenvalue weighted by Crippen LogP contribution is -2.37. The van der Waals surface area contributed by atoms with Gasteiger partial charge in [0.2, 0.25) is 0 Å². The lowest BCUT2D eigenvalue weighted by Gasteiger charge is -2.31. The first-order valence-electron chi connectivity index (χ1n) is 7.96. The first-order valence-corrected chi connectivity index (χ1v) is 7.96. The van der Waals surface area contributed by atoms with E-state index in [1.165, 1.54) is 32.5 Å². The van der Waals surface area contributed by atoms with E-state index in [-0.39, 0.29) is 11.8 Å². The molecule has 1 fully saturated rings. The first kappa shape index (κ1) is 16.1. The maximum absolute atomic E-state index is 9.65. The van der Waals surface area contributed by atoms with Gasteiger partial charge in [-0.25, -0.2) is 0 Å². The molecule has 4 heteroatoms. The molecule has 0 aromatic heterocycles. The molecule has 0 aliphatic carbocycles. The molecule has 1 atom stereocenters. The van der Waals surface area contributed by atoms with Gasteiger partial charge in [0.1, 0.15) is 0 Å². The number of nitrogens with one attached hydrogen (secondary N) is 1. The molecule has 1 aliphatic heterocycles. The molecule has 1 heterocycles. The van der Waals surface area contributed by atoms with Crippen LogP contribution in [0, 0.1) is 5.92 Å². The Labute approximate surface area is 128 Å². The van der Waals surface area contributed by atoms with Crippen LogP contribution >= 0.6 is 0 Å². The number of ether oxygens (including phenoxy) is 1. The summed E-state index contributed by atoms with van der Waals surface area (Å²) in [6.07, 6.45) is 2.57. The van der Waals surface area contributed by atoms with Crippen LogP contribution in [0.1, 0.15) is 38.3 Å². The van der Waals surface area contributed by atoms with E-state index in [0.29, 0.717) is 5.75 Å². The number of benzene rings is 1. The van der Waals surface area contributed by atoms with Crippen molar-refractivity contribution >= 4 is 0 Å². The summed E-state index contributed by atoms with van der Waals surface area (Å²) in [5, 5.41) is 13.3. The van der Waals surface area contributed by atoms with Gasteiger partial charge in [0.15, 0.2) is 11.5 Å². The molecule has 1 aromatic rings. The maximum Gasteiger partial charge on any atom is 0.160 e. The number of likely N-dealkylation sites (tertiary alicyclic amines) is 1. The second-order valence-corrected chi connectivity index (χ2v) is 5.94. The van der Waals surface area contributed by atoms with Crippen molar-refractivity contribution in [2.24, 2.45) is 5.92 Å². The highest BCUT2D eigenvalue weighted by atomic mass is 16.5. The van der Waals surface area contributed by atoms with Gasteiger partial charge in [0.05, 0.1) is 7.11 Å². The minimum atomic E-state index is 0.195. The largest absolute Gasteiger partial charge is 0.504 e. The van der Waals surface area contributed by atoms with Gasteiger partial charge in [-0.05, 0) is 69.6 Å². The summed E-state index contributed by atoms with van der Waals surface area (Å²) in [7, 11) is 1.58. The lowest BCUT2D eigenvalue weighted by molar-refractivity contribution is 0.188. The van der Waals surface area contributed by atoms with E-state index in [1.54, 1.807) is 13.2 Å². The summed E-state index contributed by atoms with van der Waals surface area (Å²) in [5.41, 5.74) is 1.15. The van der Waals surface area contributed by atoms with Crippen LogP contribution in [-0.2, 0) is 0 Å². The third-order valence-corrected chi connectivity index (χ3v) is 4.57. The molecule has 2 N–H and O–H groups in total. The molecule has 1 saturated heterocycles. The molecule has 1 aliphatic rings. The molecule has 0 spiro atoms. The number of phenols is 1. The molecule has 0 bridgehead atoms. The summed E-state index contributed by atoms with van der Waals surface area (Å²) in [4.78, 5) is 2.52. The molecule has 0 amide bonds. The minimum Gasteiger partial charge on any atom is -0.504 e. The quantitative estimate of drug-likeness (QED) is 0.846. The smallest absolute Gasteiger partial charge is 0.160 e. The molecule has 21 heavy (non-hydrogen) atoms. The monoisotopic (exact) mass is 292 g/mol. The fourth-order valence-electron chi connectivity index (χ4n) is 2.93. The Balaban J connectivity index is 1.83.